The minimum absolute atomic E-state index is 0.0151. The van der Waals surface area contributed by atoms with Crippen molar-refractivity contribution in [2.45, 2.75) is 23.6 Å². The number of hydrogen-bond acceptors (Lipinski definition) is 2. The van der Waals surface area contributed by atoms with Crippen molar-refractivity contribution < 1.29 is 8.42 Å². The van der Waals surface area contributed by atoms with Crippen LogP contribution in [0.3, 0.4) is 0 Å². The number of alkyl halides is 1. The molecule has 1 aliphatic rings. The van der Waals surface area contributed by atoms with Crippen LogP contribution in [0.15, 0.2) is 23.1 Å². The van der Waals surface area contributed by atoms with Crippen LogP contribution in [0.2, 0.25) is 10.0 Å². The van der Waals surface area contributed by atoms with Crippen LogP contribution in [0.1, 0.15) is 13.3 Å². The van der Waals surface area contributed by atoms with E-state index < -0.39 is 10.0 Å². The zero-order valence-electron chi connectivity index (χ0n) is 10.3. The van der Waals surface area contributed by atoms with E-state index in [-0.39, 0.29) is 21.2 Å². The first-order chi connectivity index (χ1) is 8.82. The predicted octanol–water partition coefficient (Wildman–Crippen LogP) is 3.63. The summed E-state index contributed by atoms with van der Waals surface area (Å²) < 4.78 is 26.5. The molecule has 1 saturated heterocycles. The monoisotopic (exact) mass is 341 g/mol. The maximum absolute atomic E-state index is 12.6. The first-order valence-electron chi connectivity index (χ1n) is 5.91. The third kappa shape index (κ3) is 3.19. The molecule has 1 aromatic rings. The van der Waals surface area contributed by atoms with Crippen LogP contribution in [-0.4, -0.2) is 31.2 Å². The van der Waals surface area contributed by atoms with Crippen LogP contribution in [0, 0.1) is 5.92 Å². The van der Waals surface area contributed by atoms with Gasteiger partial charge in [-0.05, 0) is 30.5 Å². The average molecular weight is 343 g/mol. The number of hydrogen-bond donors (Lipinski definition) is 0. The molecule has 3 nitrogen and oxygen atoms in total. The Morgan fingerprint density at radius 2 is 2.00 bits per heavy atom. The second-order valence-corrected chi connectivity index (χ2v) is 8.03. The van der Waals surface area contributed by atoms with Crippen molar-refractivity contribution in [1.82, 2.24) is 4.31 Å². The predicted molar refractivity (Wildman–Crippen MR) is 78.6 cm³/mol. The summed E-state index contributed by atoms with van der Waals surface area (Å²) in [7, 11) is -3.61. The molecule has 1 heterocycles. The summed E-state index contributed by atoms with van der Waals surface area (Å²) in [4.78, 5) is 0.0573. The van der Waals surface area contributed by atoms with Gasteiger partial charge in [0, 0.05) is 23.5 Å². The van der Waals surface area contributed by atoms with Gasteiger partial charge in [-0.1, -0.05) is 30.1 Å². The van der Waals surface area contributed by atoms with E-state index in [1.54, 1.807) is 6.07 Å². The van der Waals surface area contributed by atoms with E-state index in [2.05, 4.69) is 0 Å². The van der Waals surface area contributed by atoms with Gasteiger partial charge in [0.2, 0.25) is 10.0 Å². The molecule has 0 amide bonds. The molecule has 0 aliphatic carbocycles. The zero-order chi connectivity index (χ0) is 14.2. The second kappa shape index (κ2) is 5.78. The van der Waals surface area contributed by atoms with Crippen LogP contribution in [0.5, 0.6) is 0 Å². The van der Waals surface area contributed by atoms with Gasteiger partial charge < -0.3 is 0 Å². The number of nitrogens with zero attached hydrogens (tertiary/aromatic N) is 1. The van der Waals surface area contributed by atoms with E-state index in [0.29, 0.717) is 24.5 Å². The lowest BCUT2D eigenvalue weighted by atomic mass is 10.0. The summed E-state index contributed by atoms with van der Waals surface area (Å²) in [6.45, 7) is 2.75. The molecule has 7 heteroatoms. The van der Waals surface area contributed by atoms with Crippen LogP contribution < -0.4 is 0 Å². The van der Waals surface area contributed by atoms with E-state index in [1.807, 2.05) is 6.92 Å². The number of benzene rings is 1. The molecule has 0 radical (unpaired) electrons. The Kier molecular flexibility index (Phi) is 4.68. The SMILES string of the molecule is CC1CN(S(=O)(=O)c2cc(Cl)ccc2Cl)CCC1Cl. The Bertz CT molecular complexity index is 576. The number of piperidine rings is 1. The molecular formula is C12H14Cl3NO2S. The minimum atomic E-state index is -3.61. The maximum Gasteiger partial charge on any atom is 0.244 e. The van der Waals surface area contributed by atoms with Crippen molar-refractivity contribution in [3.8, 4) is 0 Å². The van der Waals surface area contributed by atoms with Crippen molar-refractivity contribution in [3.63, 3.8) is 0 Å². The standard InChI is InChI=1S/C12H14Cl3NO2S/c1-8-7-16(5-4-10(8)14)19(17,18)12-6-9(13)2-3-11(12)15/h2-3,6,8,10H,4-5,7H2,1H3. The van der Waals surface area contributed by atoms with Gasteiger partial charge in [0.25, 0.3) is 0 Å². The fourth-order valence-corrected chi connectivity index (χ4v) is 4.58. The maximum atomic E-state index is 12.6. The topological polar surface area (TPSA) is 37.4 Å². The van der Waals surface area contributed by atoms with E-state index in [1.165, 1.54) is 16.4 Å². The second-order valence-electron chi connectivity index (χ2n) is 4.72. The third-order valence-electron chi connectivity index (χ3n) is 3.27. The van der Waals surface area contributed by atoms with Crippen molar-refractivity contribution >= 4 is 44.8 Å². The fourth-order valence-electron chi connectivity index (χ4n) is 2.11. The van der Waals surface area contributed by atoms with Gasteiger partial charge in [-0.2, -0.15) is 4.31 Å². The highest BCUT2D eigenvalue weighted by Gasteiger charge is 2.33. The summed E-state index contributed by atoms with van der Waals surface area (Å²) in [6.07, 6.45) is 0.639. The lowest BCUT2D eigenvalue weighted by molar-refractivity contribution is 0.286. The van der Waals surface area contributed by atoms with Gasteiger partial charge >= 0.3 is 0 Å². The summed E-state index contributed by atoms with van der Waals surface area (Å²) >= 11 is 17.9. The van der Waals surface area contributed by atoms with Gasteiger partial charge in [0.15, 0.2) is 0 Å². The number of sulfonamides is 1. The summed E-state index contributed by atoms with van der Waals surface area (Å²) in [5.41, 5.74) is 0. The largest absolute Gasteiger partial charge is 0.244 e. The molecule has 1 aromatic carbocycles. The molecule has 2 rings (SSSR count). The van der Waals surface area contributed by atoms with Crippen molar-refractivity contribution in [2.24, 2.45) is 5.92 Å². The van der Waals surface area contributed by atoms with Crippen molar-refractivity contribution in [2.75, 3.05) is 13.1 Å². The molecule has 106 valence electrons. The zero-order valence-corrected chi connectivity index (χ0v) is 13.4. The summed E-state index contributed by atoms with van der Waals surface area (Å²) in [6, 6.07) is 4.45. The molecular weight excluding hydrogens is 329 g/mol. The Balaban J connectivity index is 2.35. The average Bonchev–Trinajstić information content (AvgIpc) is 2.35. The van der Waals surface area contributed by atoms with E-state index in [9.17, 15) is 8.42 Å². The Morgan fingerprint density at radius 1 is 1.32 bits per heavy atom. The normalized spacial score (nSPS) is 25.5. The Morgan fingerprint density at radius 3 is 2.63 bits per heavy atom. The molecule has 1 aliphatic heterocycles. The highest BCUT2D eigenvalue weighted by atomic mass is 35.5. The number of halogens is 3. The smallest absolute Gasteiger partial charge is 0.207 e. The summed E-state index contributed by atoms with van der Waals surface area (Å²) in [5, 5.41) is 0.551. The Labute approximate surface area is 128 Å². The van der Waals surface area contributed by atoms with Crippen molar-refractivity contribution in [3.05, 3.63) is 28.2 Å². The van der Waals surface area contributed by atoms with Gasteiger partial charge in [-0.15, -0.1) is 11.6 Å². The summed E-state index contributed by atoms with van der Waals surface area (Å²) in [5.74, 6) is 0.114. The van der Waals surface area contributed by atoms with Gasteiger partial charge in [-0.3, -0.25) is 0 Å². The fraction of sp³-hybridized carbons (Fsp3) is 0.500. The van der Waals surface area contributed by atoms with E-state index in [0.717, 1.165) is 0 Å². The van der Waals surface area contributed by atoms with E-state index in [4.69, 9.17) is 34.8 Å². The lowest BCUT2D eigenvalue weighted by Crippen LogP contribution is -2.43. The molecule has 0 N–H and O–H groups in total. The first-order valence-corrected chi connectivity index (χ1v) is 8.55. The van der Waals surface area contributed by atoms with Gasteiger partial charge in [-0.25, -0.2) is 8.42 Å². The van der Waals surface area contributed by atoms with Gasteiger partial charge in [0.1, 0.15) is 4.90 Å². The Hall–Kier alpha value is -0.000000000000000111. The third-order valence-corrected chi connectivity index (χ3v) is 6.50. The molecule has 0 spiro atoms. The minimum Gasteiger partial charge on any atom is -0.207 e. The highest BCUT2D eigenvalue weighted by molar-refractivity contribution is 7.89. The molecule has 0 saturated carbocycles. The molecule has 2 unspecified atom stereocenters. The molecule has 2 atom stereocenters. The lowest BCUT2D eigenvalue weighted by Gasteiger charge is -2.33. The number of rotatable bonds is 2. The molecule has 0 bridgehead atoms. The molecule has 1 fully saturated rings. The first kappa shape index (κ1) is 15.4. The van der Waals surface area contributed by atoms with Crippen LogP contribution in [0.4, 0.5) is 0 Å². The van der Waals surface area contributed by atoms with Crippen molar-refractivity contribution in [1.29, 1.82) is 0 Å². The van der Waals surface area contributed by atoms with Crippen LogP contribution in [0.25, 0.3) is 0 Å². The quantitative estimate of drug-likeness (QED) is 0.770. The van der Waals surface area contributed by atoms with Crippen LogP contribution in [-0.2, 0) is 10.0 Å². The molecule has 19 heavy (non-hydrogen) atoms. The molecule has 0 aromatic heterocycles. The van der Waals surface area contributed by atoms with E-state index >= 15 is 0 Å². The highest BCUT2D eigenvalue weighted by Crippen LogP contribution is 2.31. The van der Waals surface area contributed by atoms with Gasteiger partial charge in [0.05, 0.1) is 5.02 Å². The van der Waals surface area contributed by atoms with Crippen LogP contribution >= 0.6 is 34.8 Å².